The van der Waals surface area contributed by atoms with Gasteiger partial charge in [0.15, 0.2) is 5.75 Å². The van der Waals surface area contributed by atoms with Crippen LogP contribution in [0.2, 0.25) is 5.02 Å². The third-order valence-corrected chi connectivity index (χ3v) is 3.80. The number of benzene rings is 1. The van der Waals surface area contributed by atoms with E-state index in [-0.39, 0.29) is 5.56 Å². The largest absolute Gasteiger partial charge is 0.488 e. The molecule has 0 radical (unpaired) electrons. The molecule has 16 heavy (non-hydrogen) atoms. The SMILES string of the molecule is O=c1ccc2c(Cl)cc(I)c3c2n1CCO3. The van der Waals surface area contributed by atoms with Gasteiger partial charge in [-0.2, -0.15) is 0 Å². The lowest BCUT2D eigenvalue weighted by atomic mass is 10.2. The maximum absolute atomic E-state index is 11.7. The van der Waals surface area contributed by atoms with Crippen LogP contribution in [0.5, 0.6) is 5.75 Å². The molecule has 0 atom stereocenters. The molecule has 2 aromatic rings. The Balaban J connectivity index is 2.60. The molecule has 0 amide bonds. The summed E-state index contributed by atoms with van der Waals surface area (Å²) in [6.07, 6.45) is 0. The minimum Gasteiger partial charge on any atom is -0.488 e. The summed E-state index contributed by atoms with van der Waals surface area (Å²) in [5.74, 6) is 0.768. The normalized spacial score (nSPS) is 13.9. The maximum Gasteiger partial charge on any atom is 0.251 e. The maximum atomic E-state index is 11.7. The number of nitrogens with zero attached hydrogens (tertiary/aromatic N) is 1. The lowest BCUT2D eigenvalue weighted by Gasteiger charge is -2.21. The van der Waals surface area contributed by atoms with Crippen LogP contribution in [-0.2, 0) is 6.54 Å². The van der Waals surface area contributed by atoms with Crippen LogP contribution in [0.4, 0.5) is 0 Å². The average Bonchev–Trinajstić information content (AvgIpc) is 2.27. The quantitative estimate of drug-likeness (QED) is 0.686. The van der Waals surface area contributed by atoms with E-state index in [1.807, 2.05) is 6.07 Å². The van der Waals surface area contributed by atoms with Crippen LogP contribution in [0.15, 0.2) is 23.0 Å². The Morgan fingerprint density at radius 3 is 3.06 bits per heavy atom. The fraction of sp³-hybridized carbons (Fsp3) is 0.182. The van der Waals surface area contributed by atoms with Crippen LogP contribution in [0.25, 0.3) is 10.9 Å². The van der Waals surface area contributed by atoms with Crippen molar-refractivity contribution in [2.45, 2.75) is 6.54 Å². The van der Waals surface area contributed by atoms with Crippen LogP contribution < -0.4 is 10.3 Å². The van der Waals surface area contributed by atoms with Gasteiger partial charge < -0.3 is 9.30 Å². The Kier molecular flexibility index (Phi) is 2.36. The molecule has 1 aromatic heterocycles. The summed E-state index contributed by atoms with van der Waals surface area (Å²) >= 11 is 8.34. The highest BCUT2D eigenvalue weighted by Gasteiger charge is 2.18. The van der Waals surface area contributed by atoms with Gasteiger partial charge >= 0.3 is 0 Å². The van der Waals surface area contributed by atoms with E-state index >= 15 is 0 Å². The standard InChI is InChI=1S/C11H7ClINO2/c12-7-5-8(13)11-10-6(7)1-2-9(15)14(10)3-4-16-11/h1-2,5H,3-4H2. The Labute approximate surface area is 110 Å². The minimum absolute atomic E-state index is 0.00452. The fourth-order valence-corrected chi connectivity index (χ4v) is 3.15. The lowest BCUT2D eigenvalue weighted by molar-refractivity contribution is 0.282. The monoisotopic (exact) mass is 347 g/mol. The summed E-state index contributed by atoms with van der Waals surface area (Å²) < 4.78 is 8.27. The smallest absolute Gasteiger partial charge is 0.251 e. The molecule has 3 nitrogen and oxygen atoms in total. The topological polar surface area (TPSA) is 31.2 Å². The predicted octanol–water partition coefficient (Wildman–Crippen LogP) is 2.65. The number of aromatic nitrogens is 1. The van der Waals surface area contributed by atoms with Crippen molar-refractivity contribution in [3.8, 4) is 5.75 Å². The first-order valence-electron chi connectivity index (χ1n) is 4.83. The zero-order valence-electron chi connectivity index (χ0n) is 8.17. The summed E-state index contributed by atoms with van der Waals surface area (Å²) in [5.41, 5.74) is 0.811. The molecule has 0 fully saturated rings. The summed E-state index contributed by atoms with van der Waals surface area (Å²) in [6, 6.07) is 5.17. The van der Waals surface area contributed by atoms with Crippen LogP contribution in [0, 0.1) is 3.57 Å². The third kappa shape index (κ3) is 1.36. The van der Waals surface area contributed by atoms with Gasteiger partial charge in [-0.3, -0.25) is 4.79 Å². The second kappa shape index (κ2) is 3.63. The Morgan fingerprint density at radius 1 is 1.44 bits per heavy atom. The predicted molar refractivity (Wildman–Crippen MR) is 71.4 cm³/mol. The number of hydrogen-bond acceptors (Lipinski definition) is 2. The highest BCUT2D eigenvalue weighted by atomic mass is 127. The van der Waals surface area contributed by atoms with Crippen molar-refractivity contribution in [3.05, 3.63) is 37.1 Å². The molecule has 1 aliphatic heterocycles. The van der Waals surface area contributed by atoms with E-state index in [9.17, 15) is 4.79 Å². The van der Waals surface area contributed by atoms with Crippen molar-refractivity contribution >= 4 is 45.1 Å². The number of ether oxygens (including phenoxy) is 1. The highest BCUT2D eigenvalue weighted by molar-refractivity contribution is 14.1. The summed E-state index contributed by atoms with van der Waals surface area (Å²) in [6.45, 7) is 1.11. The van der Waals surface area contributed by atoms with Gasteiger partial charge in [-0.1, -0.05) is 11.6 Å². The van der Waals surface area contributed by atoms with Gasteiger partial charge in [-0.15, -0.1) is 0 Å². The number of pyridine rings is 1. The van der Waals surface area contributed by atoms with E-state index in [1.165, 1.54) is 0 Å². The zero-order valence-corrected chi connectivity index (χ0v) is 11.1. The summed E-state index contributed by atoms with van der Waals surface area (Å²) in [5, 5.41) is 1.53. The average molecular weight is 348 g/mol. The molecule has 1 aromatic carbocycles. The van der Waals surface area contributed by atoms with E-state index in [2.05, 4.69) is 22.6 Å². The lowest BCUT2D eigenvalue weighted by Crippen LogP contribution is -2.26. The molecule has 0 spiro atoms. The molecule has 82 valence electrons. The van der Waals surface area contributed by atoms with E-state index in [4.69, 9.17) is 16.3 Å². The molecule has 1 aliphatic rings. The van der Waals surface area contributed by atoms with Crippen LogP contribution in [0.3, 0.4) is 0 Å². The second-order valence-electron chi connectivity index (χ2n) is 3.60. The van der Waals surface area contributed by atoms with Gasteiger partial charge in [0.2, 0.25) is 0 Å². The van der Waals surface area contributed by atoms with Crippen LogP contribution in [-0.4, -0.2) is 11.2 Å². The van der Waals surface area contributed by atoms with Gasteiger partial charge in [-0.25, -0.2) is 0 Å². The molecular formula is C11H7ClINO2. The van der Waals surface area contributed by atoms with Crippen molar-refractivity contribution in [1.82, 2.24) is 4.57 Å². The van der Waals surface area contributed by atoms with E-state index < -0.39 is 0 Å². The van der Waals surface area contributed by atoms with Crippen LogP contribution >= 0.6 is 34.2 Å². The second-order valence-corrected chi connectivity index (χ2v) is 5.17. The van der Waals surface area contributed by atoms with Gasteiger partial charge in [-0.05, 0) is 34.7 Å². The Bertz CT molecular complexity index is 650. The highest BCUT2D eigenvalue weighted by Crippen LogP contribution is 2.36. The molecule has 0 unspecified atom stereocenters. The van der Waals surface area contributed by atoms with Crippen molar-refractivity contribution < 1.29 is 4.74 Å². The molecule has 0 aliphatic carbocycles. The molecule has 0 saturated heterocycles. The van der Waals surface area contributed by atoms with Gasteiger partial charge in [0.25, 0.3) is 5.56 Å². The number of rotatable bonds is 0. The molecule has 0 bridgehead atoms. The molecule has 0 N–H and O–H groups in total. The van der Waals surface area contributed by atoms with Crippen molar-refractivity contribution in [1.29, 1.82) is 0 Å². The van der Waals surface area contributed by atoms with E-state index in [0.29, 0.717) is 18.2 Å². The Morgan fingerprint density at radius 2 is 2.25 bits per heavy atom. The van der Waals surface area contributed by atoms with Crippen molar-refractivity contribution in [2.24, 2.45) is 0 Å². The van der Waals surface area contributed by atoms with Crippen LogP contribution in [0.1, 0.15) is 0 Å². The summed E-state index contributed by atoms with van der Waals surface area (Å²) in [7, 11) is 0. The first kappa shape index (κ1) is 10.4. The zero-order chi connectivity index (χ0) is 11.3. The Hall–Kier alpha value is -0.750. The van der Waals surface area contributed by atoms with E-state index in [1.54, 1.807) is 16.7 Å². The number of hydrogen-bond donors (Lipinski definition) is 0. The van der Waals surface area contributed by atoms with E-state index in [0.717, 1.165) is 20.2 Å². The third-order valence-electron chi connectivity index (χ3n) is 2.69. The van der Waals surface area contributed by atoms with Gasteiger partial charge in [0.05, 0.1) is 20.7 Å². The first-order valence-corrected chi connectivity index (χ1v) is 6.28. The minimum atomic E-state index is -0.00452. The fourth-order valence-electron chi connectivity index (χ4n) is 1.98. The summed E-state index contributed by atoms with van der Waals surface area (Å²) in [4.78, 5) is 11.7. The van der Waals surface area contributed by atoms with Crippen molar-refractivity contribution in [3.63, 3.8) is 0 Å². The van der Waals surface area contributed by atoms with Gasteiger partial charge in [0.1, 0.15) is 6.61 Å². The first-order chi connectivity index (χ1) is 7.68. The molecular weight excluding hydrogens is 340 g/mol. The molecule has 3 rings (SSSR count). The number of halogens is 2. The molecule has 5 heteroatoms. The van der Waals surface area contributed by atoms with Crippen molar-refractivity contribution in [2.75, 3.05) is 6.61 Å². The molecule has 2 heterocycles. The molecule has 0 saturated carbocycles. The van der Waals surface area contributed by atoms with Gasteiger partial charge in [0, 0.05) is 11.5 Å².